The molecule has 1 rings (SSSR count). The molecule has 0 radical (unpaired) electrons. The van der Waals surface area contributed by atoms with E-state index in [4.69, 9.17) is 9.47 Å². The fourth-order valence-electron chi connectivity index (χ4n) is 3.35. The smallest absolute Gasteiger partial charge is 0.744 e. The van der Waals surface area contributed by atoms with E-state index < -0.39 is 27.0 Å². The topological polar surface area (TPSA) is 110 Å². The number of esters is 2. The van der Waals surface area contributed by atoms with Crippen LogP contribution in [0.15, 0.2) is 48.4 Å². The van der Waals surface area contributed by atoms with Crippen LogP contribution in [0.3, 0.4) is 0 Å². The summed E-state index contributed by atoms with van der Waals surface area (Å²) in [7, 11) is -4.80. The van der Waals surface area contributed by atoms with Crippen LogP contribution < -0.4 is 29.6 Å². The Hall–Kier alpha value is -1.45. The molecule has 35 heavy (non-hydrogen) atoms. The first-order valence-electron chi connectivity index (χ1n) is 12.0. The second kappa shape index (κ2) is 19.7. The summed E-state index contributed by atoms with van der Waals surface area (Å²) in [6, 6.07) is 3.01. The number of unbranched alkanes of at least 4 members (excludes halogenated alkanes) is 10. The summed E-state index contributed by atoms with van der Waals surface area (Å²) in [6.07, 6.45) is 15.2. The van der Waals surface area contributed by atoms with E-state index in [-0.39, 0.29) is 53.9 Å². The molecule has 0 aliphatic carbocycles. The fourth-order valence-corrected chi connectivity index (χ4v) is 3.85. The maximum absolute atomic E-state index is 12.6. The molecule has 7 nitrogen and oxygen atoms in total. The Kier molecular flexibility index (Phi) is 18.9. The molecule has 0 bridgehead atoms. The van der Waals surface area contributed by atoms with Crippen molar-refractivity contribution in [2.24, 2.45) is 0 Å². The first kappa shape index (κ1) is 33.5. The van der Waals surface area contributed by atoms with E-state index in [2.05, 4.69) is 13.2 Å². The van der Waals surface area contributed by atoms with Crippen molar-refractivity contribution in [2.45, 2.75) is 81.9 Å². The number of hydrogen-bond donors (Lipinski definition) is 0. The van der Waals surface area contributed by atoms with Crippen LogP contribution in [0, 0.1) is 0 Å². The molecule has 0 aliphatic heterocycles. The maximum Gasteiger partial charge on any atom is 1.00 e. The second-order valence-electron chi connectivity index (χ2n) is 8.12. The van der Waals surface area contributed by atoms with Crippen LogP contribution in [0.2, 0.25) is 0 Å². The Morgan fingerprint density at radius 3 is 1.63 bits per heavy atom. The van der Waals surface area contributed by atoms with Crippen LogP contribution in [-0.4, -0.2) is 38.1 Å². The van der Waals surface area contributed by atoms with E-state index >= 15 is 0 Å². The molecule has 0 aliphatic rings. The second-order valence-corrected chi connectivity index (χ2v) is 9.50. The van der Waals surface area contributed by atoms with Gasteiger partial charge >= 0.3 is 41.5 Å². The van der Waals surface area contributed by atoms with Gasteiger partial charge in [-0.15, -0.1) is 13.2 Å². The number of carbonyl (C=O) groups excluding carboxylic acids is 2. The molecule has 0 atom stereocenters. The molecule has 0 fully saturated rings. The van der Waals surface area contributed by atoms with Crippen molar-refractivity contribution in [3.05, 3.63) is 54.6 Å². The van der Waals surface area contributed by atoms with Crippen LogP contribution >= 0.6 is 0 Å². The number of ether oxygens (including phenoxy) is 2. The Balaban J connectivity index is 0.0000116. The van der Waals surface area contributed by atoms with Gasteiger partial charge in [0.2, 0.25) is 0 Å². The Morgan fingerprint density at radius 1 is 0.743 bits per heavy atom. The zero-order chi connectivity index (χ0) is 25.2. The summed E-state index contributed by atoms with van der Waals surface area (Å²) in [5.74, 6) is -1.61. The Labute approximate surface area is 232 Å². The molecule has 0 unspecified atom stereocenters. The summed E-state index contributed by atoms with van der Waals surface area (Å²) < 4.78 is 44.7. The SMILES string of the molecule is C=CCCCCCCCOC(=O)c1ccc(S(=O)(=O)[O-])cc1C(=O)OCCCCCCCC=C.[Na+]. The molecule has 9 heteroatoms. The van der Waals surface area contributed by atoms with Gasteiger partial charge in [0.15, 0.2) is 0 Å². The normalized spacial score (nSPS) is 10.8. The number of hydrogen-bond acceptors (Lipinski definition) is 7. The average molecular weight is 517 g/mol. The molecule has 0 amide bonds. The molecule has 1 aromatic carbocycles. The van der Waals surface area contributed by atoms with Gasteiger partial charge in [0.1, 0.15) is 10.1 Å². The summed E-state index contributed by atoms with van der Waals surface area (Å²) in [5.41, 5.74) is -0.398. The monoisotopic (exact) mass is 516 g/mol. The van der Waals surface area contributed by atoms with Gasteiger partial charge in [-0.1, -0.05) is 50.7 Å². The van der Waals surface area contributed by atoms with Gasteiger partial charge in [-0.25, -0.2) is 18.0 Å². The van der Waals surface area contributed by atoms with Crippen molar-refractivity contribution in [1.29, 1.82) is 0 Å². The minimum absolute atomic E-state index is 0. The largest absolute Gasteiger partial charge is 1.00 e. The Morgan fingerprint density at radius 2 is 1.17 bits per heavy atom. The van der Waals surface area contributed by atoms with Gasteiger partial charge < -0.3 is 14.0 Å². The number of benzene rings is 1. The zero-order valence-corrected chi connectivity index (χ0v) is 23.8. The van der Waals surface area contributed by atoms with Crippen molar-refractivity contribution < 1.29 is 61.6 Å². The quantitative estimate of drug-likeness (QED) is 0.0914. The number of allylic oxidation sites excluding steroid dienone is 2. The van der Waals surface area contributed by atoms with Gasteiger partial charge in [-0.2, -0.15) is 0 Å². The minimum Gasteiger partial charge on any atom is -0.744 e. The zero-order valence-electron chi connectivity index (χ0n) is 21.0. The summed E-state index contributed by atoms with van der Waals surface area (Å²) in [6.45, 7) is 7.69. The van der Waals surface area contributed by atoms with Crippen LogP contribution in [-0.2, 0) is 19.6 Å². The van der Waals surface area contributed by atoms with E-state index in [0.29, 0.717) is 12.8 Å². The molecule has 0 heterocycles. The first-order chi connectivity index (χ1) is 16.3. The van der Waals surface area contributed by atoms with Crippen molar-refractivity contribution >= 4 is 22.1 Å². The van der Waals surface area contributed by atoms with E-state index in [1.807, 2.05) is 12.2 Å². The summed E-state index contributed by atoms with van der Waals surface area (Å²) >= 11 is 0. The van der Waals surface area contributed by atoms with Crippen molar-refractivity contribution in [1.82, 2.24) is 0 Å². The minimum atomic E-state index is -4.80. The number of rotatable bonds is 19. The molecule has 0 saturated carbocycles. The van der Waals surface area contributed by atoms with E-state index in [1.165, 1.54) is 0 Å². The molecule has 0 spiro atoms. The Bertz CT molecular complexity index is 897. The third-order valence-corrected chi connectivity index (χ3v) is 6.12. The molecular weight excluding hydrogens is 479 g/mol. The maximum atomic E-state index is 12.6. The van der Waals surface area contributed by atoms with Crippen LogP contribution in [0.5, 0.6) is 0 Å². The predicted octanol–water partition coefficient (Wildman–Crippen LogP) is 2.96. The van der Waals surface area contributed by atoms with E-state index in [0.717, 1.165) is 82.4 Å². The van der Waals surface area contributed by atoms with Crippen molar-refractivity contribution in [3.8, 4) is 0 Å². The number of carbonyl (C=O) groups is 2. The van der Waals surface area contributed by atoms with Crippen LogP contribution in [0.4, 0.5) is 0 Å². The van der Waals surface area contributed by atoms with Gasteiger partial charge in [0.05, 0.1) is 29.2 Å². The van der Waals surface area contributed by atoms with Crippen LogP contribution in [0.1, 0.15) is 97.8 Å². The summed E-state index contributed by atoms with van der Waals surface area (Å²) in [4.78, 5) is 24.5. The third kappa shape index (κ3) is 14.6. The molecule has 190 valence electrons. The first-order valence-corrected chi connectivity index (χ1v) is 13.4. The summed E-state index contributed by atoms with van der Waals surface area (Å²) in [5, 5.41) is 0. The molecular formula is C26H37NaO7S. The van der Waals surface area contributed by atoms with Gasteiger partial charge in [-0.3, -0.25) is 0 Å². The third-order valence-electron chi connectivity index (χ3n) is 5.29. The van der Waals surface area contributed by atoms with Crippen LogP contribution in [0.25, 0.3) is 0 Å². The van der Waals surface area contributed by atoms with E-state index in [9.17, 15) is 22.6 Å². The van der Waals surface area contributed by atoms with Gasteiger partial charge in [0, 0.05) is 0 Å². The van der Waals surface area contributed by atoms with Gasteiger partial charge in [0.25, 0.3) is 0 Å². The molecule has 0 N–H and O–H groups in total. The average Bonchev–Trinajstić information content (AvgIpc) is 2.81. The van der Waals surface area contributed by atoms with E-state index in [1.54, 1.807) is 0 Å². The standard InChI is InChI=1S/C26H38O7S.Na/c1-3-5-7-9-11-13-15-19-32-25(27)23-18-17-22(34(29,30)31)21-24(23)26(28)33-20-16-14-12-10-8-6-4-2;/h3-4,17-18,21H,1-2,5-16,19-20H2,(H,29,30,31);/q;+1/p-1. The van der Waals surface area contributed by atoms with Crippen molar-refractivity contribution in [2.75, 3.05) is 13.2 Å². The predicted molar refractivity (Wildman–Crippen MR) is 131 cm³/mol. The van der Waals surface area contributed by atoms with Gasteiger partial charge in [-0.05, 0) is 56.7 Å². The molecule has 0 saturated heterocycles. The fraction of sp³-hybridized carbons (Fsp3) is 0.538. The van der Waals surface area contributed by atoms with Crippen molar-refractivity contribution in [3.63, 3.8) is 0 Å². The molecule has 0 aromatic heterocycles. The molecule has 1 aromatic rings.